The van der Waals surface area contributed by atoms with Crippen molar-refractivity contribution in [1.82, 2.24) is 4.98 Å². The number of nitrogens with zero attached hydrogens (tertiary/aromatic N) is 2. The van der Waals surface area contributed by atoms with Gasteiger partial charge in [0.25, 0.3) is 10.0 Å². The van der Waals surface area contributed by atoms with Gasteiger partial charge in [-0.2, -0.15) is 0 Å². The van der Waals surface area contributed by atoms with Crippen molar-refractivity contribution >= 4 is 32.6 Å². The summed E-state index contributed by atoms with van der Waals surface area (Å²) in [5, 5.41) is 10.4. The Labute approximate surface area is 190 Å². The predicted molar refractivity (Wildman–Crippen MR) is 124 cm³/mol. The standard InChI is InChI=1S/C25H20N2O5S/c28-25(29)15-23-21-6-2-4-8-24(21)33(30,31)27(23)18-9-11-19(12-10-18)32-16-17-13-14-26-22-7-3-1-5-20(17)22/h1-14,23H,15-16H2,(H,28,29). The van der Waals surface area contributed by atoms with Crippen molar-refractivity contribution in [2.45, 2.75) is 24.0 Å². The Hall–Kier alpha value is -3.91. The summed E-state index contributed by atoms with van der Waals surface area (Å²) in [6.07, 6.45) is 1.41. The zero-order valence-corrected chi connectivity index (χ0v) is 18.3. The lowest BCUT2D eigenvalue weighted by Gasteiger charge is -2.24. The number of sulfonamides is 1. The number of carboxylic acid groups (broad SMARTS) is 1. The third-order valence-electron chi connectivity index (χ3n) is 5.69. The van der Waals surface area contributed by atoms with E-state index in [0.717, 1.165) is 16.5 Å². The maximum atomic E-state index is 13.2. The van der Waals surface area contributed by atoms with E-state index in [1.807, 2.05) is 30.3 Å². The summed E-state index contributed by atoms with van der Waals surface area (Å²) in [5.74, 6) is -0.495. The van der Waals surface area contributed by atoms with Gasteiger partial charge in [0.15, 0.2) is 0 Å². The van der Waals surface area contributed by atoms with Gasteiger partial charge in [-0.3, -0.25) is 14.1 Å². The van der Waals surface area contributed by atoms with Gasteiger partial charge in [-0.1, -0.05) is 36.4 Å². The monoisotopic (exact) mass is 460 g/mol. The van der Waals surface area contributed by atoms with Crippen LogP contribution in [0.3, 0.4) is 0 Å². The molecule has 0 aliphatic carbocycles. The maximum absolute atomic E-state index is 13.2. The Kier molecular flexibility index (Phi) is 5.22. The number of carboxylic acids is 1. The molecule has 0 radical (unpaired) electrons. The van der Waals surface area contributed by atoms with Gasteiger partial charge in [0, 0.05) is 17.1 Å². The number of hydrogen-bond acceptors (Lipinski definition) is 5. The van der Waals surface area contributed by atoms with Crippen LogP contribution in [0.1, 0.15) is 23.6 Å². The van der Waals surface area contributed by atoms with Crippen LogP contribution in [0.2, 0.25) is 0 Å². The van der Waals surface area contributed by atoms with Crippen LogP contribution >= 0.6 is 0 Å². The van der Waals surface area contributed by atoms with Crippen LogP contribution < -0.4 is 9.04 Å². The summed E-state index contributed by atoms with van der Waals surface area (Å²) in [7, 11) is -3.86. The number of fused-ring (bicyclic) bond motifs is 2. The highest BCUT2D eigenvalue weighted by Gasteiger charge is 2.43. The zero-order valence-electron chi connectivity index (χ0n) is 17.5. The lowest BCUT2D eigenvalue weighted by atomic mass is 10.0. The van der Waals surface area contributed by atoms with Gasteiger partial charge in [0.05, 0.1) is 28.6 Å². The zero-order chi connectivity index (χ0) is 23.0. The molecule has 166 valence electrons. The molecule has 0 fully saturated rings. The predicted octanol–water partition coefficient (Wildman–Crippen LogP) is 4.54. The van der Waals surface area contributed by atoms with Crippen molar-refractivity contribution in [3.63, 3.8) is 0 Å². The number of para-hydroxylation sites is 1. The highest BCUT2D eigenvalue weighted by molar-refractivity contribution is 7.93. The molecule has 1 atom stereocenters. The number of carbonyl (C=O) groups is 1. The molecule has 1 unspecified atom stereocenters. The second kappa shape index (κ2) is 8.22. The van der Waals surface area contributed by atoms with E-state index in [0.29, 0.717) is 23.6 Å². The Morgan fingerprint density at radius 1 is 0.970 bits per heavy atom. The van der Waals surface area contributed by atoms with Crippen LogP contribution in [0.25, 0.3) is 10.9 Å². The van der Waals surface area contributed by atoms with Gasteiger partial charge < -0.3 is 9.84 Å². The highest BCUT2D eigenvalue weighted by Crippen LogP contribution is 2.44. The number of pyridine rings is 1. The van der Waals surface area contributed by atoms with E-state index in [4.69, 9.17) is 4.74 Å². The molecule has 0 spiro atoms. The second-order valence-electron chi connectivity index (χ2n) is 7.72. The summed E-state index contributed by atoms with van der Waals surface area (Å²) in [6.45, 7) is 0.331. The van der Waals surface area contributed by atoms with E-state index >= 15 is 0 Å². The smallest absolute Gasteiger partial charge is 0.305 e. The van der Waals surface area contributed by atoms with Gasteiger partial charge in [-0.25, -0.2) is 8.42 Å². The summed E-state index contributed by atoms with van der Waals surface area (Å²) >= 11 is 0. The lowest BCUT2D eigenvalue weighted by molar-refractivity contribution is -0.137. The van der Waals surface area contributed by atoms with Crippen molar-refractivity contribution in [2.75, 3.05) is 4.31 Å². The third kappa shape index (κ3) is 3.78. The van der Waals surface area contributed by atoms with Crippen LogP contribution in [0.4, 0.5) is 5.69 Å². The molecule has 4 aromatic rings. The fraction of sp³-hybridized carbons (Fsp3) is 0.120. The first-order valence-corrected chi connectivity index (χ1v) is 11.8. The van der Waals surface area contributed by atoms with Gasteiger partial charge in [-0.05, 0) is 48.0 Å². The van der Waals surface area contributed by atoms with E-state index in [1.165, 1.54) is 10.4 Å². The Balaban J connectivity index is 1.41. The Morgan fingerprint density at radius 3 is 2.48 bits per heavy atom. The number of hydrogen-bond donors (Lipinski definition) is 1. The number of ether oxygens (including phenoxy) is 1. The molecule has 33 heavy (non-hydrogen) atoms. The maximum Gasteiger partial charge on any atom is 0.305 e. The summed E-state index contributed by atoms with van der Waals surface area (Å²) in [6, 6.07) is 22.1. The number of aliphatic carboxylic acids is 1. The molecule has 0 saturated carbocycles. The van der Waals surface area contributed by atoms with Crippen molar-refractivity contribution in [3.05, 3.63) is 96.2 Å². The van der Waals surface area contributed by atoms with E-state index in [9.17, 15) is 18.3 Å². The normalized spacial score (nSPS) is 16.5. The van der Waals surface area contributed by atoms with Crippen LogP contribution in [0, 0.1) is 0 Å². The van der Waals surface area contributed by atoms with Gasteiger partial charge >= 0.3 is 5.97 Å². The molecule has 7 nitrogen and oxygen atoms in total. The van der Waals surface area contributed by atoms with Crippen LogP contribution in [-0.2, 0) is 21.4 Å². The molecular formula is C25H20N2O5S. The Bertz CT molecular complexity index is 1450. The molecule has 1 N–H and O–H groups in total. The quantitative estimate of drug-likeness (QED) is 0.454. The first-order chi connectivity index (χ1) is 15.9. The first kappa shape index (κ1) is 21.0. The number of benzene rings is 3. The third-order valence-corrected chi connectivity index (χ3v) is 7.60. The second-order valence-corrected chi connectivity index (χ2v) is 9.51. The minimum absolute atomic E-state index is 0.140. The molecule has 5 rings (SSSR count). The van der Waals surface area contributed by atoms with E-state index in [2.05, 4.69) is 4.98 Å². The average molecular weight is 461 g/mol. The molecular weight excluding hydrogens is 440 g/mol. The van der Waals surface area contributed by atoms with Crippen LogP contribution in [0.15, 0.2) is 90.0 Å². The van der Waals surface area contributed by atoms with Gasteiger partial charge in [-0.15, -0.1) is 0 Å². The lowest BCUT2D eigenvalue weighted by Crippen LogP contribution is -2.29. The molecule has 8 heteroatoms. The van der Waals surface area contributed by atoms with E-state index in [1.54, 1.807) is 48.7 Å². The molecule has 3 aromatic carbocycles. The molecule has 2 heterocycles. The molecule has 0 bridgehead atoms. The summed E-state index contributed by atoms with van der Waals surface area (Å²) in [4.78, 5) is 16.0. The molecule has 1 aliphatic heterocycles. The Morgan fingerprint density at radius 2 is 1.70 bits per heavy atom. The van der Waals surface area contributed by atoms with Crippen molar-refractivity contribution in [3.8, 4) is 5.75 Å². The fourth-order valence-corrected chi connectivity index (χ4v) is 6.09. The SMILES string of the molecule is O=C(O)CC1c2ccccc2S(=O)(=O)N1c1ccc(OCc2ccnc3ccccc23)cc1. The highest BCUT2D eigenvalue weighted by atomic mass is 32.2. The number of anilines is 1. The van der Waals surface area contributed by atoms with E-state index < -0.39 is 22.0 Å². The molecule has 0 amide bonds. The minimum Gasteiger partial charge on any atom is -0.489 e. The number of rotatable bonds is 6. The van der Waals surface area contributed by atoms with Crippen molar-refractivity contribution in [2.24, 2.45) is 0 Å². The molecule has 1 aliphatic rings. The van der Waals surface area contributed by atoms with Crippen molar-refractivity contribution in [1.29, 1.82) is 0 Å². The summed E-state index contributed by atoms with van der Waals surface area (Å²) < 4.78 is 33.5. The van der Waals surface area contributed by atoms with Gasteiger partial charge in [0.2, 0.25) is 0 Å². The first-order valence-electron chi connectivity index (χ1n) is 10.4. The molecule has 1 aromatic heterocycles. The summed E-state index contributed by atoms with van der Waals surface area (Å²) in [5.41, 5.74) is 2.75. The largest absolute Gasteiger partial charge is 0.489 e. The topological polar surface area (TPSA) is 96.8 Å². The average Bonchev–Trinajstić information content (AvgIpc) is 3.04. The molecule has 0 saturated heterocycles. The minimum atomic E-state index is -3.86. The van der Waals surface area contributed by atoms with Crippen molar-refractivity contribution < 1.29 is 23.1 Å². The van der Waals surface area contributed by atoms with Crippen LogP contribution in [-0.4, -0.2) is 24.5 Å². The number of aromatic nitrogens is 1. The van der Waals surface area contributed by atoms with Crippen LogP contribution in [0.5, 0.6) is 5.75 Å². The van der Waals surface area contributed by atoms with E-state index in [-0.39, 0.29) is 11.3 Å². The van der Waals surface area contributed by atoms with Gasteiger partial charge in [0.1, 0.15) is 12.4 Å². The fourth-order valence-electron chi connectivity index (χ4n) is 4.20.